The lowest BCUT2D eigenvalue weighted by Gasteiger charge is -2.09. The number of pyridine rings is 1. The Kier molecular flexibility index (Phi) is 4.46. The van der Waals surface area contributed by atoms with Crippen LogP contribution < -0.4 is 5.56 Å². The van der Waals surface area contributed by atoms with Crippen molar-refractivity contribution >= 4 is 10.8 Å². The Labute approximate surface area is 157 Å². The van der Waals surface area contributed by atoms with Gasteiger partial charge in [-0.05, 0) is 28.8 Å². The molecular weight excluding hydrogens is 371 g/mol. The first-order valence-corrected chi connectivity index (χ1v) is 8.50. The molecule has 0 amide bonds. The predicted molar refractivity (Wildman–Crippen MR) is 96.6 cm³/mol. The van der Waals surface area contributed by atoms with Crippen molar-refractivity contribution in [1.29, 1.82) is 0 Å². The molecule has 28 heavy (non-hydrogen) atoms. The Morgan fingerprint density at radius 2 is 1.82 bits per heavy atom. The molecule has 4 aromatic rings. The molecule has 2 aromatic carbocycles. The SMILES string of the molecule is O=c1cc(-c2noc(C(F)(F)F)n2)ccn1CCc1cccc2ccccc12. The van der Waals surface area contributed by atoms with Crippen molar-refractivity contribution in [3.8, 4) is 11.4 Å². The lowest BCUT2D eigenvalue weighted by molar-refractivity contribution is -0.159. The van der Waals surface area contributed by atoms with Gasteiger partial charge < -0.3 is 9.09 Å². The predicted octanol–water partition coefficient (Wildman–Crippen LogP) is 4.31. The van der Waals surface area contributed by atoms with Crippen LogP contribution in [0.4, 0.5) is 13.2 Å². The topological polar surface area (TPSA) is 60.9 Å². The third kappa shape index (κ3) is 3.53. The van der Waals surface area contributed by atoms with Gasteiger partial charge in [0.25, 0.3) is 5.56 Å². The van der Waals surface area contributed by atoms with Gasteiger partial charge in [-0.25, -0.2) is 0 Å². The first kappa shape index (κ1) is 18.0. The van der Waals surface area contributed by atoms with Crippen LogP contribution in [0.15, 0.2) is 70.1 Å². The van der Waals surface area contributed by atoms with E-state index in [0.717, 1.165) is 16.3 Å². The Hall–Kier alpha value is -3.42. The number of alkyl halides is 3. The van der Waals surface area contributed by atoms with E-state index in [2.05, 4.69) is 14.7 Å². The average molecular weight is 385 g/mol. The molecule has 0 N–H and O–H groups in total. The van der Waals surface area contributed by atoms with Crippen molar-refractivity contribution in [3.63, 3.8) is 0 Å². The fraction of sp³-hybridized carbons (Fsp3) is 0.150. The van der Waals surface area contributed by atoms with Crippen LogP contribution in [0.3, 0.4) is 0 Å². The minimum Gasteiger partial charge on any atom is -0.329 e. The van der Waals surface area contributed by atoms with E-state index in [1.165, 1.54) is 22.9 Å². The molecule has 0 fully saturated rings. The number of halogens is 3. The molecular formula is C20H14F3N3O2. The van der Waals surface area contributed by atoms with Gasteiger partial charge in [0.15, 0.2) is 0 Å². The number of aryl methyl sites for hydroxylation is 2. The third-order valence-corrected chi connectivity index (χ3v) is 4.42. The monoisotopic (exact) mass is 385 g/mol. The molecule has 4 rings (SSSR count). The minimum absolute atomic E-state index is 0.172. The first-order chi connectivity index (χ1) is 13.4. The Bertz CT molecular complexity index is 1190. The zero-order valence-corrected chi connectivity index (χ0v) is 14.5. The van der Waals surface area contributed by atoms with E-state index >= 15 is 0 Å². The summed E-state index contributed by atoms with van der Waals surface area (Å²) in [7, 11) is 0. The molecule has 0 radical (unpaired) electrons. The van der Waals surface area contributed by atoms with E-state index in [9.17, 15) is 18.0 Å². The van der Waals surface area contributed by atoms with Gasteiger partial charge in [-0.15, -0.1) is 0 Å². The Balaban J connectivity index is 1.55. The van der Waals surface area contributed by atoms with Gasteiger partial charge in [0, 0.05) is 24.4 Å². The molecule has 0 saturated carbocycles. The van der Waals surface area contributed by atoms with Crippen LogP contribution in [0.25, 0.3) is 22.2 Å². The maximum Gasteiger partial charge on any atom is 0.471 e. The fourth-order valence-corrected chi connectivity index (χ4v) is 3.04. The molecule has 5 nitrogen and oxygen atoms in total. The van der Waals surface area contributed by atoms with Crippen LogP contribution in [0.1, 0.15) is 11.5 Å². The van der Waals surface area contributed by atoms with E-state index in [-0.39, 0.29) is 16.9 Å². The largest absolute Gasteiger partial charge is 0.471 e. The number of rotatable bonds is 4. The van der Waals surface area contributed by atoms with Crippen LogP contribution >= 0.6 is 0 Å². The molecule has 2 aromatic heterocycles. The van der Waals surface area contributed by atoms with Crippen molar-refractivity contribution in [2.45, 2.75) is 19.1 Å². The summed E-state index contributed by atoms with van der Waals surface area (Å²) in [6, 6.07) is 16.7. The average Bonchev–Trinajstić information content (AvgIpc) is 3.18. The van der Waals surface area contributed by atoms with Gasteiger partial charge in [0.1, 0.15) is 0 Å². The van der Waals surface area contributed by atoms with Crippen molar-refractivity contribution in [3.05, 3.63) is 82.6 Å². The van der Waals surface area contributed by atoms with Crippen molar-refractivity contribution < 1.29 is 17.7 Å². The van der Waals surface area contributed by atoms with Gasteiger partial charge in [-0.1, -0.05) is 47.6 Å². The summed E-state index contributed by atoms with van der Waals surface area (Å²) in [4.78, 5) is 15.7. The normalized spacial score (nSPS) is 11.8. The molecule has 0 saturated heterocycles. The lowest BCUT2D eigenvalue weighted by Crippen LogP contribution is -2.19. The maximum atomic E-state index is 12.6. The van der Waals surface area contributed by atoms with Crippen LogP contribution in [-0.2, 0) is 19.1 Å². The number of fused-ring (bicyclic) bond motifs is 1. The summed E-state index contributed by atoms with van der Waals surface area (Å²) in [5.41, 5.74) is 0.934. The Morgan fingerprint density at radius 1 is 1.04 bits per heavy atom. The summed E-state index contributed by atoms with van der Waals surface area (Å²) in [5.74, 6) is -1.71. The molecule has 0 unspecified atom stereocenters. The smallest absolute Gasteiger partial charge is 0.329 e. The highest BCUT2D eigenvalue weighted by Crippen LogP contribution is 2.29. The quantitative estimate of drug-likeness (QED) is 0.525. The molecule has 0 aliphatic heterocycles. The van der Waals surface area contributed by atoms with Crippen LogP contribution in [0.2, 0.25) is 0 Å². The van der Waals surface area contributed by atoms with Crippen LogP contribution in [0.5, 0.6) is 0 Å². The van der Waals surface area contributed by atoms with E-state index < -0.39 is 12.1 Å². The number of hydrogen-bond acceptors (Lipinski definition) is 4. The molecule has 0 aliphatic rings. The standard InChI is InChI=1S/C20H14F3N3O2/c21-20(22,23)19-24-18(25-28-19)15-9-11-26(17(27)12-15)10-8-14-6-3-5-13-4-1-2-7-16(13)14/h1-7,9,11-12H,8,10H2. The van der Waals surface area contributed by atoms with E-state index in [4.69, 9.17) is 0 Å². The number of nitrogens with zero attached hydrogens (tertiary/aromatic N) is 3. The second-order valence-corrected chi connectivity index (χ2v) is 6.26. The van der Waals surface area contributed by atoms with Crippen molar-refractivity contribution in [1.82, 2.24) is 14.7 Å². The molecule has 0 atom stereocenters. The second-order valence-electron chi connectivity index (χ2n) is 6.26. The molecule has 0 bridgehead atoms. The van der Waals surface area contributed by atoms with Gasteiger partial charge in [-0.2, -0.15) is 18.2 Å². The van der Waals surface area contributed by atoms with Gasteiger partial charge >= 0.3 is 12.1 Å². The van der Waals surface area contributed by atoms with Crippen molar-refractivity contribution in [2.75, 3.05) is 0 Å². The summed E-state index contributed by atoms with van der Waals surface area (Å²) < 4.78 is 43.4. The first-order valence-electron chi connectivity index (χ1n) is 8.50. The zero-order chi connectivity index (χ0) is 19.7. The summed E-state index contributed by atoms with van der Waals surface area (Å²) >= 11 is 0. The number of aromatic nitrogens is 3. The van der Waals surface area contributed by atoms with Gasteiger partial charge in [-0.3, -0.25) is 4.79 Å². The summed E-state index contributed by atoms with van der Waals surface area (Å²) in [6.45, 7) is 0.438. The highest BCUT2D eigenvalue weighted by Gasteiger charge is 2.38. The second kappa shape index (κ2) is 6.95. The maximum absolute atomic E-state index is 12.6. The lowest BCUT2D eigenvalue weighted by atomic mass is 10.0. The van der Waals surface area contributed by atoms with Gasteiger partial charge in [0.2, 0.25) is 5.82 Å². The third-order valence-electron chi connectivity index (χ3n) is 4.42. The molecule has 142 valence electrons. The Morgan fingerprint density at radius 3 is 2.57 bits per heavy atom. The zero-order valence-electron chi connectivity index (χ0n) is 14.5. The van der Waals surface area contributed by atoms with Crippen LogP contribution in [-0.4, -0.2) is 14.7 Å². The fourth-order valence-electron chi connectivity index (χ4n) is 3.04. The molecule has 2 heterocycles. The van der Waals surface area contributed by atoms with E-state index in [0.29, 0.717) is 13.0 Å². The summed E-state index contributed by atoms with van der Waals surface area (Å²) in [6.07, 6.45) is -2.56. The molecule has 0 aliphatic carbocycles. The number of benzene rings is 2. The highest BCUT2D eigenvalue weighted by atomic mass is 19.4. The molecule has 0 spiro atoms. The summed E-state index contributed by atoms with van der Waals surface area (Å²) in [5, 5.41) is 5.55. The van der Waals surface area contributed by atoms with E-state index in [1.807, 2.05) is 42.5 Å². The molecule has 8 heteroatoms. The van der Waals surface area contributed by atoms with Gasteiger partial charge in [0.05, 0.1) is 0 Å². The highest BCUT2D eigenvalue weighted by molar-refractivity contribution is 5.85. The van der Waals surface area contributed by atoms with Crippen molar-refractivity contribution in [2.24, 2.45) is 0 Å². The van der Waals surface area contributed by atoms with Crippen LogP contribution in [0, 0.1) is 0 Å². The van der Waals surface area contributed by atoms with E-state index in [1.54, 1.807) is 0 Å². The minimum atomic E-state index is -4.72. The number of hydrogen-bond donors (Lipinski definition) is 0.